The predicted octanol–water partition coefficient (Wildman–Crippen LogP) is 3.03. The summed E-state index contributed by atoms with van der Waals surface area (Å²) >= 11 is 0. The molecule has 1 aliphatic rings. The highest BCUT2D eigenvalue weighted by atomic mass is 16.4. The van der Waals surface area contributed by atoms with Crippen LogP contribution >= 0.6 is 0 Å². The average molecular weight is 323 g/mol. The molecular weight excluding hydrogens is 302 g/mol. The summed E-state index contributed by atoms with van der Waals surface area (Å²) in [5.74, 6) is 0.769. The molecule has 0 amide bonds. The summed E-state index contributed by atoms with van der Waals surface area (Å²) < 4.78 is 5.92. The molecule has 2 aromatic heterocycles. The second kappa shape index (κ2) is 6.11. The maximum Gasteiger partial charge on any atom is 0.298 e. The van der Waals surface area contributed by atoms with Crippen molar-refractivity contribution in [3.05, 3.63) is 42.2 Å². The SMILES string of the molecule is Cc1cnc(N(C)C2CCCN(c3nc4ccccc4o3)C2)nc1. The van der Waals surface area contributed by atoms with Gasteiger partial charge in [-0.25, -0.2) is 9.97 Å². The van der Waals surface area contributed by atoms with E-state index in [9.17, 15) is 0 Å². The van der Waals surface area contributed by atoms with Gasteiger partial charge in [-0.2, -0.15) is 4.98 Å². The highest BCUT2D eigenvalue weighted by molar-refractivity contribution is 5.74. The Balaban J connectivity index is 1.53. The third kappa shape index (κ3) is 2.79. The third-order valence-corrected chi connectivity index (χ3v) is 4.58. The Labute approximate surface area is 141 Å². The van der Waals surface area contributed by atoms with Gasteiger partial charge in [0.2, 0.25) is 5.95 Å². The molecule has 1 fully saturated rings. The standard InChI is InChI=1S/C18H21N5O/c1-13-10-19-17(20-11-13)22(2)14-6-5-9-23(12-14)18-21-15-7-3-4-8-16(15)24-18/h3-4,7-8,10-11,14H,5-6,9,12H2,1-2H3. The summed E-state index contributed by atoms with van der Waals surface area (Å²) in [6, 6.07) is 8.94. The fourth-order valence-electron chi connectivity index (χ4n) is 3.17. The minimum Gasteiger partial charge on any atom is -0.423 e. The number of benzene rings is 1. The van der Waals surface area contributed by atoms with Gasteiger partial charge in [-0.3, -0.25) is 0 Å². The summed E-state index contributed by atoms with van der Waals surface area (Å²) in [6.07, 6.45) is 5.94. The van der Waals surface area contributed by atoms with Crippen LogP contribution in [0.2, 0.25) is 0 Å². The van der Waals surface area contributed by atoms with Crippen molar-refractivity contribution in [2.75, 3.05) is 29.9 Å². The number of fused-ring (bicyclic) bond motifs is 1. The van der Waals surface area contributed by atoms with E-state index in [4.69, 9.17) is 4.42 Å². The van der Waals surface area contributed by atoms with Crippen molar-refractivity contribution in [1.29, 1.82) is 0 Å². The average Bonchev–Trinajstić information content (AvgIpc) is 3.06. The quantitative estimate of drug-likeness (QED) is 0.738. The molecule has 24 heavy (non-hydrogen) atoms. The summed E-state index contributed by atoms with van der Waals surface area (Å²) in [7, 11) is 2.06. The fourth-order valence-corrected chi connectivity index (χ4v) is 3.17. The largest absolute Gasteiger partial charge is 0.423 e. The van der Waals surface area contributed by atoms with E-state index in [1.165, 1.54) is 0 Å². The molecule has 1 unspecified atom stereocenters. The minimum atomic E-state index is 0.344. The van der Waals surface area contributed by atoms with Gasteiger partial charge in [-0.05, 0) is 37.5 Å². The van der Waals surface area contributed by atoms with E-state index >= 15 is 0 Å². The molecule has 1 atom stereocenters. The number of likely N-dealkylation sites (N-methyl/N-ethyl adjacent to an activating group) is 1. The zero-order valence-electron chi connectivity index (χ0n) is 14.0. The van der Waals surface area contributed by atoms with E-state index in [1.54, 1.807) is 0 Å². The number of oxazole rings is 1. The van der Waals surface area contributed by atoms with Crippen LogP contribution in [0.4, 0.5) is 12.0 Å². The molecule has 4 rings (SSSR count). The van der Waals surface area contributed by atoms with Crippen molar-refractivity contribution in [1.82, 2.24) is 15.0 Å². The molecule has 3 aromatic rings. The Hall–Kier alpha value is -2.63. The summed E-state index contributed by atoms with van der Waals surface area (Å²) in [5.41, 5.74) is 2.82. The van der Waals surface area contributed by atoms with E-state index in [0.29, 0.717) is 12.1 Å². The molecule has 124 valence electrons. The molecule has 1 aromatic carbocycles. The van der Waals surface area contributed by atoms with Crippen LogP contribution in [-0.4, -0.2) is 41.1 Å². The van der Waals surface area contributed by atoms with E-state index in [1.807, 2.05) is 43.6 Å². The smallest absolute Gasteiger partial charge is 0.298 e. The molecule has 0 spiro atoms. The molecule has 0 bridgehead atoms. The second-order valence-corrected chi connectivity index (χ2v) is 6.38. The molecule has 3 heterocycles. The monoisotopic (exact) mass is 323 g/mol. The zero-order chi connectivity index (χ0) is 16.5. The maximum atomic E-state index is 5.92. The minimum absolute atomic E-state index is 0.344. The molecule has 6 heteroatoms. The fraction of sp³-hybridized carbons (Fsp3) is 0.389. The summed E-state index contributed by atoms with van der Waals surface area (Å²) in [4.78, 5) is 17.9. The van der Waals surface area contributed by atoms with E-state index in [2.05, 4.69) is 31.8 Å². The Morgan fingerprint density at radius 3 is 2.79 bits per heavy atom. The zero-order valence-corrected chi connectivity index (χ0v) is 14.0. The van der Waals surface area contributed by atoms with Crippen LogP contribution in [-0.2, 0) is 0 Å². The molecule has 1 aliphatic heterocycles. The van der Waals surface area contributed by atoms with Crippen molar-refractivity contribution < 1.29 is 4.42 Å². The predicted molar refractivity (Wildman–Crippen MR) is 94.4 cm³/mol. The van der Waals surface area contributed by atoms with Gasteiger partial charge in [-0.15, -0.1) is 0 Å². The second-order valence-electron chi connectivity index (χ2n) is 6.38. The highest BCUT2D eigenvalue weighted by Crippen LogP contribution is 2.26. The lowest BCUT2D eigenvalue weighted by atomic mass is 10.1. The molecule has 0 saturated carbocycles. The molecule has 0 N–H and O–H groups in total. The lowest BCUT2D eigenvalue weighted by molar-refractivity contribution is 0.452. The number of para-hydroxylation sites is 2. The Kier molecular flexibility index (Phi) is 3.80. The first-order valence-electron chi connectivity index (χ1n) is 8.33. The van der Waals surface area contributed by atoms with Crippen LogP contribution in [0.3, 0.4) is 0 Å². The molecular formula is C18H21N5O. The Morgan fingerprint density at radius 2 is 2.00 bits per heavy atom. The van der Waals surface area contributed by atoms with E-state index in [0.717, 1.165) is 48.5 Å². The van der Waals surface area contributed by atoms with Gasteiger partial charge in [0.1, 0.15) is 5.52 Å². The van der Waals surface area contributed by atoms with Crippen LogP contribution in [0.15, 0.2) is 41.1 Å². The van der Waals surface area contributed by atoms with Crippen molar-refractivity contribution in [3.63, 3.8) is 0 Å². The number of hydrogen-bond donors (Lipinski definition) is 0. The van der Waals surface area contributed by atoms with Gasteiger partial charge in [0.05, 0.1) is 0 Å². The molecule has 6 nitrogen and oxygen atoms in total. The van der Waals surface area contributed by atoms with Gasteiger partial charge >= 0.3 is 0 Å². The van der Waals surface area contributed by atoms with Gasteiger partial charge in [0.15, 0.2) is 5.58 Å². The normalized spacial score (nSPS) is 18.1. The highest BCUT2D eigenvalue weighted by Gasteiger charge is 2.27. The first-order chi connectivity index (χ1) is 11.7. The number of anilines is 2. The van der Waals surface area contributed by atoms with Gasteiger partial charge in [-0.1, -0.05) is 12.1 Å². The van der Waals surface area contributed by atoms with Gasteiger partial charge in [0, 0.05) is 38.6 Å². The summed E-state index contributed by atoms with van der Waals surface area (Å²) in [6.45, 7) is 3.83. The van der Waals surface area contributed by atoms with Crippen molar-refractivity contribution in [2.45, 2.75) is 25.8 Å². The number of hydrogen-bond acceptors (Lipinski definition) is 6. The molecule has 0 radical (unpaired) electrons. The van der Waals surface area contributed by atoms with Crippen LogP contribution in [0.1, 0.15) is 18.4 Å². The number of nitrogens with zero attached hydrogens (tertiary/aromatic N) is 5. The van der Waals surface area contributed by atoms with Gasteiger partial charge < -0.3 is 14.2 Å². The number of aryl methyl sites for hydroxylation is 1. The Bertz CT molecular complexity index is 796. The Morgan fingerprint density at radius 1 is 1.21 bits per heavy atom. The van der Waals surface area contributed by atoms with Gasteiger partial charge in [0.25, 0.3) is 6.01 Å². The number of piperidine rings is 1. The lowest BCUT2D eigenvalue weighted by Crippen LogP contribution is -2.47. The van der Waals surface area contributed by atoms with Crippen LogP contribution < -0.4 is 9.80 Å². The van der Waals surface area contributed by atoms with Crippen molar-refractivity contribution in [2.24, 2.45) is 0 Å². The number of rotatable bonds is 3. The molecule has 1 saturated heterocycles. The molecule has 0 aliphatic carbocycles. The van der Waals surface area contributed by atoms with Crippen LogP contribution in [0, 0.1) is 6.92 Å². The first-order valence-corrected chi connectivity index (χ1v) is 8.33. The van der Waals surface area contributed by atoms with Crippen molar-refractivity contribution >= 4 is 23.1 Å². The number of aromatic nitrogens is 3. The van der Waals surface area contributed by atoms with Crippen LogP contribution in [0.25, 0.3) is 11.1 Å². The first kappa shape index (κ1) is 14.9. The van der Waals surface area contributed by atoms with Crippen LogP contribution in [0.5, 0.6) is 0 Å². The van der Waals surface area contributed by atoms with E-state index in [-0.39, 0.29) is 0 Å². The topological polar surface area (TPSA) is 58.3 Å². The van der Waals surface area contributed by atoms with Crippen molar-refractivity contribution in [3.8, 4) is 0 Å². The summed E-state index contributed by atoms with van der Waals surface area (Å²) in [5, 5.41) is 0. The third-order valence-electron chi connectivity index (χ3n) is 4.58. The maximum absolute atomic E-state index is 5.92. The van der Waals surface area contributed by atoms with E-state index < -0.39 is 0 Å². The lowest BCUT2D eigenvalue weighted by Gasteiger charge is -2.36.